The molecule has 72 heavy (non-hydrogen) atoms. The van der Waals surface area contributed by atoms with Crippen LogP contribution in [0.15, 0.2) is 188 Å². The normalized spacial score (nSPS) is 12.5. The van der Waals surface area contributed by atoms with Crippen molar-refractivity contribution in [3.8, 4) is 50.6 Å². The first-order valence-corrected chi connectivity index (χ1v) is 25.3. The van der Waals surface area contributed by atoms with E-state index >= 15 is 0 Å². The van der Waals surface area contributed by atoms with Crippen LogP contribution >= 0.6 is 0 Å². The standard InChI is InChI=1S/C69H44O3/c1-4-71-42-23-17-39(18-24-42)59-66-54-13-6-9-38-10-7-14-55(58(38)54)67(66)60(40-19-25-43(26-20-40)72-5-2)69-57-36-34-53-51-32-30-49-47-28-27-44(37-15-21-41(70-3)22-16-37)45-11-8-12-46(61(45)47)48-29-31-50(63(51)62(48)49)52-33-35-56(68(59)69)65(57)64(52)53/h6-36H,4-5H2,1-3H3. The maximum Gasteiger partial charge on any atom is 0.119 e. The summed E-state index contributed by atoms with van der Waals surface area (Å²) < 4.78 is 17.6. The van der Waals surface area contributed by atoms with Crippen LogP contribution in [-0.2, 0) is 0 Å². The summed E-state index contributed by atoms with van der Waals surface area (Å²) in [5, 5.41) is 31.1. The number of fused-ring (bicyclic) bond motifs is 10. The van der Waals surface area contributed by atoms with Gasteiger partial charge in [-0.2, -0.15) is 0 Å². The van der Waals surface area contributed by atoms with Crippen LogP contribution in [0.4, 0.5) is 0 Å². The van der Waals surface area contributed by atoms with Crippen LogP contribution < -0.4 is 14.2 Å². The molecule has 0 N–H and O–H groups in total. The van der Waals surface area contributed by atoms with E-state index < -0.39 is 0 Å². The average Bonchev–Trinajstić information content (AvgIpc) is 3.95. The molecule has 0 amide bonds. The molecule has 0 aromatic heterocycles. The van der Waals surface area contributed by atoms with Crippen LogP contribution in [0.25, 0.3) is 163 Å². The summed E-state index contributed by atoms with van der Waals surface area (Å²) in [7, 11) is 1.72. The second-order valence-corrected chi connectivity index (χ2v) is 19.6. The molecular formula is C69H44O3. The lowest BCUT2D eigenvalue weighted by atomic mass is 9.83. The molecule has 0 unspecified atom stereocenters. The summed E-state index contributed by atoms with van der Waals surface area (Å²) in [5.41, 5.74) is 7.32. The van der Waals surface area contributed by atoms with Crippen molar-refractivity contribution in [2.75, 3.05) is 20.3 Å². The molecule has 0 saturated heterocycles. The molecule has 0 saturated carbocycles. The van der Waals surface area contributed by atoms with Crippen molar-refractivity contribution >= 4 is 129 Å². The topological polar surface area (TPSA) is 27.7 Å². The largest absolute Gasteiger partial charge is 0.497 e. The molecule has 338 valence electrons. The van der Waals surface area contributed by atoms with Crippen molar-refractivity contribution in [2.24, 2.45) is 0 Å². The Hall–Kier alpha value is -8.92. The van der Waals surface area contributed by atoms with Gasteiger partial charge in [0.25, 0.3) is 0 Å². The lowest BCUT2D eigenvalue weighted by Crippen LogP contribution is -1.92. The Kier molecular flexibility index (Phi) is 8.07. The van der Waals surface area contributed by atoms with Crippen molar-refractivity contribution in [2.45, 2.75) is 13.8 Å². The first-order valence-electron chi connectivity index (χ1n) is 25.3. The van der Waals surface area contributed by atoms with Crippen LogP contribution in [0.2, 0.25) is 0 Å². The SMILES string of the molecule is CCOc1ccc(-c2c3c4cccc5cccc(c3c(-c3ccc(OCC)cc3)c3c6ccc7c8ccc9c%10ccc(-c%11ccc(OC)cc%11)c%11cccc(c%12ccc(c%13ccc(c23)c6c%137)c8c%129)c%11%10)c54)cc1. The third kappa shape index (κ3) is 5.09. The molecule has 16 rings (SSSR count). The van der Waals surface area contributed by atoms with Gasteiger partial charge in [0.1, 0.15) is 17.2 Å². The van der Waals surface area contributed by atoms with Crippen molar-refractivity contribution in [1.29, 1.82) is 0 Å². The van der Waals surface area contributed by atoms with E-state index in [2.05, 4.69) is 188 Å². The van der Waals surface area contributed by atoms with Gasteiger partial charge in [0, 0.05) is 0 Å². The van der Waals surface area contributed by atoms with Gasteiger partial charge in [0.15, 0.2) is 0 Å². The smallest absolute Gasteiger partial charge is 0.119 e. The maximum absolute atomic E-state index is 6.05. The minimum Gasteiger partial charge on any atom is -0.497 e. The predicted octanol–water partition coefficient (Wildman–Crippen LogP) is 19.1. The molecule has 0 heterocycles. The monoisotopic (exact) mass is 920 g/mol. The number of rotatable bonds is 8. The highest BCUT2D eigenvalue weighted by molar-refractivity contribution is 6.50. The maximum atomic E-state index is 6.05. The summed E-state index contributed by atoms with van der Waals surface area (Å²) >= 11 is 0. The Balaban J connectivity index is 1.05. The molecule has 0 aliphatic rings. The lowest BCUT2D eigenvalue weighted by molar-refractivity contribution is 0.340. The molecule has 3 nitrogen and oxygen atoms in total. The van der Waals surface area contributed by atoms with Gasteiger partial charge in [-0.05, 0) is 213 Å². The zero-order chi connectivity index (χ0) is 47.5. The van der Waals surface area contributed by atoms with Crippen LogP contribution in [0.5, 0.6) is 17.2 Å². The van der Waals surface area contributed by atoms with Crippen LogP contribution in [0.1, 0.15) is 13.8 Å². The fraction of sp³-hybridized carbons (Fsp3) is 0.0725. The lowest BCUT2D eigenvalue weighted by Gasteiger charge is -2.20. The minimum absolute atomic E-state index is 0.620. The molecule has 16 aromatic carbocycles. The predicted molar refractivity (Wildman–Crippen MR) is 306 cm³/mol. The summed E-state index contributed by atoms with van der Waals surface area (Å²) in [6, 6.07) is 70.7. The highest BCUT2D eigenvalue weighted by Gasteiger charge is 2.29. The molecule has 16 aromatic rings. The summed E-state index contributed by atoms with van der Waals surface area (Å²) in [6.07, 6.45) is 0. The molecule has 0 aliphatic carbocycles. The van der Waals surface area contributed by atoms with Gasteiger partial charge in [0.05, 0.1) is 20.3 Å². The molecule has 0 bridgehead atoms. The van der Waals surface area contributed by atoms with Gasteiger partial charge in [-0.1, -0.05) is 152 Å². The van der Waals surface area contributed by atoms with Gasteiger partial charge < -0.3 is 14.2 Å². The highest BCUT2D eigenvalue weighted by Crippen LogP contribution is 2.58. The molecule has 0 atom stereocenters. The van der Waals surface area contributed by atoms with E-state index in [1.807, 2.05) is 13.8 Å². The highest BCUT2D eigenvalue weighted by atomic mass is 16.5. The molecular weight excluding hydrogens is 877 g/mol. The zero-order valence-corrected chi connectivity index (χ0v) is 40.0. The number of hydrogen-bond donors (Lipinski definition) is 0. The van der Waals surface area contributed by atoms with E-state index in [4.69, 9.17) is 14.2 Å². The number of hydrogen-bond acceptors (Lipinski definition) is 3. The van der Waals surface area contributed by atoms with E-state index in [0.29, 0.717) is 13.2 Å². The summed E-state index contributed by atoms with van der Waals surface area (Å²) in [6.45, 7) is 5.33. The van der Waals surface area contributed by atoms with Gasteiger partial charge in [-0.25, -0.2) is 0 Å². The molecule has 0 fully saturated rings. The van der Waals surface area contributed by atoms with E-state index in [1.54, 1.807) is 7.11 Å². The van der Waals surface area contributed by atoms with Crippen molar-refractivity contribution in [3.63, 3.8) is 0 Å². The molecule has 0 radical (unpaired) electrons. The van der Waals surface area contributed by atoms with Crippen LogP contribution in [0, 0.1) is 0 Å². The molecule has 0 spiro atoms. The van der Waals surface area contributed by atoms with Crippen molar-refractivity contribution in [3.05, 3.63) is 188 Å². The average molecular weight is 921 g/mol. The van der Waals surface area contributed by atoms with E-state index in [9.17, 15) is 0 Å². The van der Waals surface area contributed by atoms with Gasteiger partial charge >= 0.3 is 0 Å². The Morgan fingerprint density at radius 2 is 0.597 bits per heavy atom. The third-order valence-electron chi connectivity index (χ3n) is 16.3. The Morgan fingerprint density at radius 3 is 1.06 bits per heavy atom. The first-order chi connectivity index (χ1) is 35.6. The Labute approximate surface area is 414 Å². The molecule has 0 aliphatic heterocycles. The van der Waals surface area contributed by atoms with Gasteiger partial charge in [-0.3, -0.25) is 0 Å². The molecule has 3 heteroatoms. The number of benzene rings is 14. The number of methoxy groups -OCH3 is 1. The fourth-order valence-corrected chi connectivity index (χ4v) is 13.6. The summed E-state index contributed by atoms with van der Waals surface area (Å²) in [4.78, 5) is 0. The van der Waals surface area contributed by atoms with Gasteiger partial charge in [0.2, 0.25) is 0 Å². The fourth-order valence-electron chi connectivity index (χ4n) is 13.6. The van der Waals surface area contributed by atoms with Crippen LogP contribution in [0.3, 0.4) is 0 Å². The second kappa shape index (κ2) is 14.6. The number of ether oxygens (including phenoxy) is 3. The van der Waals surface area contributed by atoms with Crippen molar-refractivity contribution in [1.82, 2.24) is 0 Å². The van der Waals surface area contributed by atoms with E-state index in [-0.39, 0.29) is 0 Å². The van der Waals surface area contributed by atoms with Gasteiger partial charge in [-0.15, -0.1) is 0 Å². The second-order valence-electron chi connectivity index (χ2n) is 19.6. The minimum atomic E-state index is 0.620. The third-order valence-corrected chi connectivity index (χ3v) is 16.3. The van der Waals surface area contributed by atoms with E-state index in [0.717, 1.165) is 17.2 Å². The first kappa shape index (κ1) is 39.9. The zero-order valence-electron chi connectivity index (χ0n) is 40.0. The quantitative estimate of drug-likeness (QED) is 0.112. The Morgan fingerprint density at radius 1 is 0.264 bits per heavy atom. The van der Waals surface area contributed by atoms with Crippen molar-refractivity contribution < 1.29 is 14.2 Å². The van der Waals surface area contributed by atoms with Crippen LogP contribution in [-0.4, -0.2) is 20.3 Å². The van der Waals surface area contributed by atoms with E-state index in [1.165, 1.54) is 163 Å². The Bertz CT molecular complexity index is 4640. The summed E-state index contributed by atoms with van der Waals surface area (Å²) in [5.74, 6) is 2.62.